The highest BCUT2D eigenvalue weighted by atomic mass is 127. The molecule has 8 heteroatoms. The molecule has 1 unspecified atom stereocenters. The molecule has 2 rings (SSSR count). The Morgan fingerprint density at radius 1 is 1.35 bits per heavy atom. The van der Waals surface area contributed by atoms with Crippen LogP contribution in [0.3, 0.4) is 0 Å². The monoisotopic (exact) mass is 476 g/mol. The second kappa shape index (κ2) is 11.9. The summed E-state index contributed by atoms with van der Waals surface area (Å²) in [5, 5.41) is 6.41. The molecule has 1 aliphatic heterocycles. The van der Waals surface area contributed by atoms with Crippen molar-refractivity contribution in [1.82, 2.24) is 15.5 Å². The van der Waals surface area contributed by atoms with Gasteiger partial charge in [0.05, 0.1) is 26.8 Å². The first-order valence-electron chi connectivity index (χ1n) is 8.52. The summed E-state index contributed by atoms with van der Waals surface area (Å²) in [5.41, 5.74) is 0.995. The summed E-state index contributed by atoms with van der Waals surface area (Å²) in [6.45, 7) is 3.02. The SMILES string of the molecule is COc1ccccc1CN=C(NCC(=O)N(C)C)NCC1CCOC1.I. The van der Waals surface area contributed by atoms with E-state index >= 15 is 0 Å². The summed E-state index contributed by atoms with van der Waals surface area (Å²) in [7, 11) is 5.12. The van der Waals surface area contributed by atoms with Crippen molar-refractivity contribution in [2.24, 2.45) is 10.9 Å². The number of nitrogens with one attached hydrogen (secondary N) is 2. The van der Waals surface area contributed by atoms with Gasteiger partial charge in [0.15, 0.2) is 5.96 Å². The molecule has 0 radical (unpaired) electrons. The molecule has 1 heterocycles. The van der Waals surface area contributed by atoms with E-state index in [1.165, 1.54) is 0 Å². The Morgan fingerprint density at radius 2 is 2.12 bits per heavy atom. The third-order valence-electron chi connectivity index (χ3n) is 4.09. The number of benzene rings is 1. The highest BCUT2D eigenvalue weighted by Gasteiger charge is 2.16. The van der Waals surface area contributed by atoms with Crippen molar-refractivity contribution < 1.29 is 14.3 Å². The van der Waals surface area contributed by atoms with Crippen molar-refractivity contribution in [3.05, 3.63) is 29.8 Å². The van der Waals surface area contributed by atoms with E-state index in [2.05, 4.69) is 15.6 Å². The van der Waals surface area contributed by atoms with E-state index in [0.29, 0.717) is 18.4 Å². The van der Waals surface area contributed by atoms with Crippen molar-refractivity contribution >= 4 is 35.8 Å². The van der Waals surface area contributed by atoms with E-state index in [1.54, 1.807) is 26.1 Å². The standard InChI is InChI=1S/C18H28N4O3.HI/c1-22(2)17(23)12-21-18(19-10-14-8-9-25-13-14)20-11-15-6-4-5-7-16(15)24-3;/h4-7,14H,8-13H2,1-3H3,(H2,19,20,21);1H. The van der Waals surface area contributed by atoms with Crippen LogP contribution in [0.1, 0.15) is 12.0 Å². The smallest absolute Gasteiger partial charge is 0.241 e. The quantitative estimate of drug-likeness (QED) is 0.354. The van der Waals surface area contributed by atoms with Crippen LogP contribution < -0.4 is 15.4 Å². The molecule has 26 heavy (non-hydrogen) atoms. The van der Waals surface area contributed by atoms with E-state index in [9.17, 15) is 4.79 Å². The summed E-state index contributed by atoms with van der Waals surface area (Å²) in [5.74, 6) is 1.89. The number of halogens is 1. The van der Waals surface area contributed by atoms with Crippen LogP contribution >= 0.6 is 24.0 Å². The van der Waals surface area contributed by atoms with Crippen LogP contribution in [-0.2, 0) is 16.1 Å². The molecule has 7 nitrogen and oxygen atoms in total. The molecule has 0 aromatic heterocycles. The summed E-state index contributed by atoms with van der Waals surface area (Å²) in [6.07, 6.45) is 1.05. The lowest BCUT2D eigenvalue weighted by Crippen LogP contribution is -2.44. The topological polar surface area (TPSA) is 75.2 Å². The Morgan fingerprint density at radius 3 is 2.77 bits per heavy atom. The van der Waals surface area contributed by atoms with Crippen molar-refractivity contribution in [2.45, 2.75) is 13.0 Å². The van der Waals surface area contributed by atoms with Gasteiger partial charge in [-0.15, -0.1) is 24.0 Å². The van der Waals surface area contributed by atoms with Gasteiger partial charge in [0, 0.05) is 38.7 Å². The van der Waals surface area contributed by atoms with Gasteiger partial charge in [0.2, 0.25) is 5.91 Å². The van der Waals surface area contributed by atoms with Crippen LogP contribution in [-0.4, -0.2) is 64.3 Å². The van der Waals surface area contributed by atoms with Gasteiger partial charge in [-0.3, -0.25) is 4.79 Å². The lowest BCUT2D eigenvalue weighted by Gasteiger charge is -2.17. The van der Waals surface area contributed by atoms with Crippen LogP contribution in [0.15, 0.2) is 29.3 Å². The van der Waals surface area contributed by atoms with Gasteiger partial charge in [-0.2, -0.15) is 0 Å². The number of likely N-dealkylation sites (N-methyl/N-ethyl adjacent to an activating group) is 1. The van der Waals surface area contributed by atoms with E-state index in [0.717, 1.165) is 37.5 Å². The van der Waals surface area contributed by atoms with E-state index < -0.39 is 0 Å². The Labute approximate surface area is 172 Å². The number of hydrogen-bond acceptors (Lipinski definition) is 4. The second-order valence-corrected chi connectivity index (χ2v) is 6.23. The van der Waals surface area contributed by atoms with E-state index in [-0.39, 0.29) is 36.4 Å². The second-order valence-electron chi connectivity index (χ2n) is 6.23. The molecule has 1 aliphatic rings. The van der Waals surface area contributed by atoms with Crippen LogP contribution in [0.5, 0.6) is 5.75 Å². The normalized spacial score (nSPS) is 16.6. The molecule has 1 amide bonds. The maximum atomic E-state index is 11.8. The van der Waals surface area contributed by atoms with Gasteiger partial charge in [0.1, 0.15) is 5.75 Å². The lowest BCUT2D eigenvalue weighted by molar-refractivity contribution is -0.127. The van der Waals surface area contributed by atoms with Crippen LogP contribution in [0.2, 0.25) is 0 Å². The first-order valence-corrected chi connectivity index (χ1v) is 8.52. The molecule has 0 aliphatic carbocycles. The van der Waals surface area contributed by atoms with Crippen LogP contribution in [0.25, 0.3) is 0 Å². The van der Waals surface area contributed by atoms with Gasteiger partial charge in [0.25, 0.3) is 0 Å². The first kappa shape index (κ1) is 22.5. The summed E-state index contributed by atoms with van der Waals surface area (Å²) < 4.78 is 10.8. The molecular weight excluding hydrogens is 447 g/mol. The molecule has 146 valence electrons. The number of carbonyl (C=O) groups is 1. The number of nitrogens with zero attached hydrogens (tertiary/aromatic N) is 2. The molecule has 0 bridgehead atoms. The van der Waals surface area contributed by atoms with Gasteiger partial charge < -0.3 is 25.0 Å². The number of guanidine groups is 1. The number of amides is 1. The number of rotatable bonds is 7. The number of aliphatic imine (C=N–C) groups is 1. The predicted molar refractivity (Wildman–Crippen MR) is 113 cm³/mol. The minimum atomic E-state index is -0.00371. The third kappa shape index (κ3) is 7.36. The fourth-order valence-corrected chi connectivity index (χ4v) is 2.47. The number of ether oxygens (including phenoxy) is 2. The zero-order valence-corrected chi connectivity index (χ0v) is 18.0. The van der Waals surface area contributed by atoms with Gasteiger partial charge in [-0.05, 0) is 12.5 Å². The van der Waals surface area contributed by atoms with E-state index in [1.807, 2.05) is 24.3 Å². The molecule has 1 aromatic carbocycles. The molecule has 0 spiro atoms. The zero-order valence-electron chi connectivity index (χ0n) is 15.7. The minimum absolute atomic E-state index is 0. The maximum absolute atomic E-state index is 11.8. The minimum Gasteiger partial charge on any atom is -0.496 e. The average Bonchev–Trinajstić information content (AvgIpc) is 3.14. The summed E-state index contributed by atoms with van der Waals surface area (Å²) in [4.78, 5) is 18.0. The summed E-state index contributed by atoms with van der Waals surface area (Å²) in [6, 6.07) is 7.78. The third-order valence-corrected chi connectivity index (χ3v) is 4.09. The average molecular weight is 476 g/mol. The largest absolute Gasteiger partial charge is 0.496 e. The number of carbonyl (C=O) groups excluding carboxylic acids is 1. The molecular formula is C18H29IN4O3. The van der Waals surface area contributed by atoms with Crippen molar-refractivity contribution in [3.8, 4) is 5.75 Å². The van der Waals surface area contributed by atoms with Gasteiger partial charge >= 0.3 is 0 Å². The van der Waals surface area contributed by atoms with Crippen molar-refractivity contribution in [2.75, 3.05) is 47.5 Å². The van der Waals surface area contributed by atoms with Crippen LogP contribution in [0, 0.1) is 5.92 Å². The first-order chi connectivity index (χ1) is 12.1. The lowest BCUT2D eigenvalue weighted by atomic mass is 10.1. The fourth-order valence-electron chi connectivity index (χ4n) is 2.47. The van der Waals surface area contributed by atoms with Crippen molar-refractivity contribution in [1.29, 1.82) is 0 Å². The zero-order chi connectivity index (χ0) is 18.1. The van der Waals surface area contributed by atoms with E-state index in [4.69, 9.17) is 9.47 Å². The maximum Gasteiger partial charge on any atom is 0.241 e. The molecule has 1 saturated heterocycles. The summed E-state index contributed by atoms with van der Waals surface area (Å²) >= 11 is 0. The van der Waals surface area contributed by atoms with Gasteiger partial charge in [-0.25, -0.2) is 4.99 Å². The number of hydrogen-bond donors (Lipinski definition) is 2. The molecule has 2 N–H and O–H groups in total. The number of methoxy groups -OCH3 is 1. The highest BCUT2D eigenvalue weighted by Crippen LogP contribution is 2.18. The number of para-hydroxylation sites is 1. The fraction of sp³-hybridized carbons (Fsp3) is 0.556. The molecule has 1 fully saturated rings. The van der Waals surface area contributed by atoms with Gasteiger partial charge in [-0.1, -0.05) is 18.2 Å². The Kier molecular flexibility index (Phi) is 10.3. The van der Waals surface area contributed by atoms with Crippen LogP contribution in [0.4, 0.5) is 0 Å². The molecule has 1 aromatic rings. The molecule has 0 saturated carbocycles. The molecule has 1 atom stereocenters. The Hall–Kier alpha value is -1.55. The predicted octanol–water partition coefficient (Wildman–Crippen LogP) is 1.47. The Bertz CT molecular complexity index is 590. The Balaban J connectivity index is 0.00000338. The van der Waals surface area contributed by atoms with Crippen molar-refractivity contribution in [3.63, 3.8) is 0 Å². The highest BCUT2D eigenvalue weighted by molar-refractivity contribution is 14.0.